The molecule has 0 unspecified atom stereocenters. The van der Waals surface area contributed by atoms with E-state index in [-0.39, 0.29) is 38.7 Å². The van der Waals surface area contributed by atoms with Crippen molar-refractivity contribution < 1.29 is 26.9 Å². The quantitative estimate of drug-likeness (QED) is 0.213. The van der Waals surface area contributed by atoms with Crippen LogP contribution < -0.4 is 0 Å². The summed E-state index contributed by atoms with van der Waals surface area (Å²) in [5.74, 6) is 0. The number of nitrogens with zero attached hydrogens (tertiary/aromatic N) is 6. The van der Waals surface area contributed by atoms with E-state index in [1.807, 2.05) is 0 Å². The van der Waals surface area contributed by atoms with Crippen molar-refractivity contribution in [2.24, 2.45) is 0 Å². The van der Waals surface area contributed by atoms with Crippen molar-refractivity contribution >= 4 is 27.3 Å². The molecule has 0 aromatic carbocycles. The molecule has 0 amide bonds. The second-order valence-electron chi connectivity index (χ2n) is 4.33. The topological polar surface area (TPSA) is 160 Å². The Labute approximate surface area is 167 Å². The molecular formula is C14H10BrCuN6O4. The molecule has 2 heterocycles. The van der Waals surface area contributed by atoms with Gasteiger partial charge in [0, 0.05) is 24.5 Å². The Bertz CT molecular complexity index is 853. The first-order valence-electron chi connectivity index (χ1n) is 6.26. The molecule has 26 heavy (non-hydrogen) atoms. The number of rotatable bonds is 2. The summed E-state index contributed by atoms with van der Waals surface area (Å²) in [6.07, 6.45) is 2.99. The summed E-state index contributed by atoms with van der Waals surface area (Å²) in [5.41, 5.74) is 1.06. The van der Waals surface area contributed by atoms with E-state index in [0.29, 0.717) is 5.56 Å². The van der Waals surface area contributed by atoms with Crippen LogP contribution in [0.3, 0.4) is 0 Å². The van der Waals surface area contributed by atoms with Crippen LogP contribution in [0.25, 0.3) is 0 Å². The third kappa shape index (κ3) is 7.77. The summed E-state index contributed by atoms with van der Waals surface area (Å²) in [6, 6.07) is 4.45. The van der Waals surface area contributed by atoms with Crippen molar-refractivity contribution in [2.75, 3.05) is 0 Å². The molecule has 0 saturated carbocycles. The van der Waals surface area contributed by atoms with Crippen molar-refractivity contribution in [2.45, 2.75) is 13.8 Å². The van der Waals surface area contributed by atoms with Gasteiger partial charge in [0.05, 0.1) is 9.85 Å². The second-order valence-corrected chi connectivity index (χ2v) is 5.08. The Morgan fingerprint density at radius 1 is 1.04 bits per heavy atom. The van der Waals surface area contributed by atoms with Crippen molar-refractivity contribution in [3.8, 4) is 6.07 Å². The summed E-state index contributed by atoms with van der Waals surface area (Å²) < 4.78 is 0.271. The molecule has 0 bridgehead atoms. The number of aromatic nitrogens is 2. The maximum atomic E-state index is 10.3. The molecule has 0 N–H and O–H groups in total. The zero-order chi connectivity index (χ0) is 19.6. The zero-order valence-corrected chi connectivity index (χ0v) is 15.8. The Kier molecular flexibility index (Phi) is 12.1. The van der Waals surface area contributed by atoms with Gasteiger partial charge in [0.1, 0.15) is 6.07 Å². The van der Waals surface area contributed by atoms with Crippen molar-refractivity contribution in [1.82, 2.24) is 9.97 Å². The molecular weight excluding hydrogens is 460 g/mol. The minimum Gasteiger partial charge on any atom is -0.512 e. The van der Waals surface area contributed by atoms with Crippen molar-refractivity contribution in [3.05, 3.63) is 72.8 Å². The average molecular weight is 470 g/mol. The Balaban J connectivity index is 0. The summed E-state index contributed by atoms with van der Waals surface area (Å²) in [4.78, 5) is 27.0. The fourth-order valence-electron chi connectivity index (χ4n) is 1.44. The van der Waals surface area contributed by atoms with Gasteiger partial charge in [-0.05, 0) is 40.9 Å². The van der Waals surface area contributed by atoms with E-state index in [2.05, 4.69) is 25.9 Å². The van der Waals surface area contributed by atoms with E-state index in [1.54, 1.807) is 26.1 Å². The van der Waals surface area contributed by atoms with Crippen LogP contribution in [0.15, 0.2) is 29.1 Å². The van der Waals surface area contributed by atoms with Crippen LogP contribution in [-0.2, 0) is 17.1 Å². The number of hydrogen-bond donors (Lipinski definition) is 0. The van der Waals surface area contributed by atoms with Crippen molar-refractivity contribution in [3.63, 3.8) is 0 Å². The Morgan fingerprint density at radius 2 is 1.46 bits per heavy atom. The predicted octanol–water partition coefficient (Wildman–Crippen LogP) is 3.32. The summed E-state index contributed by atoms with van der Waals surface area (Å²) in [6.45, 7) is 8.19. The molecule has 0 atom stereocenters. The number of nitriles is 1. The van der Waals surface area contributed by atoms with Gasteiger partial charge in [0.15, 0.2) is 4.60 Å². The number of aryl methyl sites for hydroxylation is 2. The first-order chi connectivity index (χ1) is 11.8. The summed E-state index contributed by atoms with van der Waals surface area (Å²) >= 11 is 2.98. The number of halogens is 1. The minimum atomic E-state index is -0.613. The molecule has 138 valence electrons. The SMILES string of the molecule is Cc1cnc(Br)c([N+](=O)[O-])c1.Cc1cnc(C#N)c([N+](=O)[O-])c1.[C-]#N.[Cu+]. The molecule has 2 rings (SSSR count). The third-order valence-electron chi connectivity index (χ3n) is 2.46. The van der Waals surface area contributed by atoms with Gasteiger partial charge in [0.25, 0.3) is 0 Å². The van der Waals surface area contributed by atoms with E-state index < -0.39 is 9.85 Å². The predicted molar refractivity (Wildman–Crippen MR) is 88.6 cm³/mol. The fourth-order valence-corrected chi connectivity index (χ4v) is 1.81. The van der Waals surface area contributed by atoms with Gasteiger partial charge in [-0.2, -0.15) is 5.26 Å². The van der Waals surface area contributed by atoms with E-state index in [0.717, 1.165) is 5.56 Å². The van der Waals surface area contributed by atoms with Crippen LogP contribution in [-0.4, -0.2) is 19.8 Å². The molecule has 2 aromatic heterocycles. The number of hydrogen-bond acceptors (Lipinski definition) is 8. The van der Waals surface area contributed by atoms with Gasteiger partial charge in [-0.25, -0.2) is 9.97 Å². The first-order valence-corrected chi connectivity index (χ1v) is 7.05. The van der Waals surface area contributed by atoms with E-state index >= 15 is 0 Å². The molecule has 0 aliphatic carbocycles. The molecule has 0 radical (unpaired) electrons. The van der Waals surface area contributed by atoms with Crippen LogP contribution in [0.1, 0.15) is 16.8 Å². The minimum absolute atomic E-state index is 0. The van der Waals surface area contributed by atoms with Crippen LogP contribution in [0, 0.1) is 57.2 Å². The second kappa shape index (κ2) is 12.4. The van der Waals surface area contributed by atoms with Gasteiger partial charge < -0.3 is 11.8 Å². The largest absolute Gasteiger partial charge is 1.00 e. The first kappa shape index (κ1) is 25.3. The Morgan fingerprint density at radius 3 is 1.85 bits per heavy atom. The number of pyridine rings is 2. The maximum Gasteiger partial charge on any atom is 1.00 e. The van der Waals surface area contributed by atoms with Crippen LogP contribution in [0.5, 0.6) is 0 Å². The standard InChI is InChI=1S/C7H5N3O2.C6H5BrN2O2.CN.Cu/c1-5-2-7(10(11)12)6(3-8)9-4-5;1-4-2-5(9(10)11)6(7)8-3-4;1-2;/h2,4H,1H3;2-3H,1H3;;/q;;-1;+1. The van der Waals surface area contributed by atoms with Gasteiger partial charge in [-0.3, -0.25) is 20.2 Å². The molecule has 10 nitrogen and oxygen atoms in total. The van der Waals surface area contributed by atoms with Gasteiger partial charge in [-0.15, -0.1) is 0 Å². The Hall–Kier alpha value is -2.92. The van der Waals surface area contributed by atoms with Crippen molar-refractivity contribution in [1.29, 1.82) is 10.5 Å². The average Bonchev–Trinajstić information content (AvgIpc) is 2.59. The van der Waals surface area contributed by atoms with E-state index in [9.17, 15) is 20.2 Å². The van der Waals surface area contributed by atoms with Gasteiger partial charge in [-0.1, -0.05) is 0 Å². The molecule has 0 fully saturated rings. The van der Waals surface area contributed by atoms with Gasteiger partial charge >= 0.3 is 28.4 Å². The fraction of sp³-hybridized carbons (Fsp3) is 0.143. The molecule has 0 spiro atoms. The van der Waals surface area contributed by atoms with Gasteiger partial charge in [0.2, 0.25) is 5.69 Å². The van der Waals surface area contributed by atoms with E-state index in [1.165, 1.54) is 18.3 Å². The van der Waals surface area contributed by atoms with E-state index in [4.69, 9.17) is 17.1 Å². The summed E-state index contributed by atoms with van der Waals surface area (Å²) in [7, 11) is 0. The third-order valence-corrected chi connectivity index (χ3v) is 3.07. The molecule has 0 aliphatic heterocycles. The zero-order valence-electron chi connectivity index (χ0n) is 13.3. The van der Waals surface area contributed by atoms with Crippen LogP contribution >= 0.6 is 15.9 Å². The molecule has 0 aliphatic rings. The normalized spacial score (nSPS) is 8.31. The maximum absolute atomic E-state index is 10.3. The van der Waals surface area contributed by atoms with Crippen LogP contribution in [0.4, 0.5) is 11.4 Å². The van der Waals surface area contributed by atoms with Crippen LogP contribution in [0.2, 0.25) is 0 Å². The molecule has 12 heteroatoms. The smallest absolute Gasteiger partial charge is 0.512 e. The molecule has 0 saturated heterocycles. The number of nitro groups is 2. The summed E-state index contributed by atoms with van der Waals surface area (Å²) in [5, 5.41) is 35.3. The monoisotopic (exact) mass is 468 g/mol. The molecule has 2 aromatic rings.